The Morgan fingerprint density at radius 3 is 2.87 bits per heavy atom. The molecule has 2 aliphatic rings. The fourth-order valence-corrected chi connectivity index (χ4v) is 3.29. The molecule has 0 aromatic heterocycles. The maximum atomic E-state index is 11.8. The monoisotopic (exact) mass is 435 g/mol. The average Bonchev–Trinajstić information content (AvgIpc) is 3.15. The van der Waals surface area contributed by atoms with Gasteiger partial charge in [-0.2, -0.15) is 0 Å². The molecule has 5 nitrogen and oxygen atoms in total. The van der Waals surface area contributed by atoms with Crippen molar-refractivity contribution in [2.24, 2.45) is 16.8 Å². The number of allylic oxidation sites excluding steroid dienone is 1. The highest BCUT2D eigenvalue weighted by Crippen LogP contribution is 2.24. The number of aliphatic imine (C=N–C) groups is 1. The van der Waals surface area contributed by atoms with E-state index in [1.807, 2.05) is 0 Å². The molecule has 0 bridgehead atoms. The molecule has 2 atom stereocenters. The van der Waals surface area contributed by atoms with Crippen LogP contribution in [0.2, 0.25) is 0 Å². The summed E-state index contributed by atoms with van der Waals surface area (Å²) in [5.74, 6) is 1.07. The first kappa shape index (κ1) is 20.3. The van der Waals surface area contributed by atoms with Gasteiger partial charge in [-0.1, -0.05) is 18.6 Å². The number of likely N-dealkylation sites (tertiary alicyclic amines) is 1. The molecule has 132 valence electrons. The first-order chi connectivity index (χ1) is 10.7. The summed E-state index contributed by atoms with van der Waals surface area (Å²) in [4.78, 5) is 18.8. The van der Waals surface area contributed by atoms with E-state index in [1.54, 1.807) is 5.57 Å². The minimum Gasteiger partial charge on any atom is -0.469 e. The first-order valence-electron chi connectivity index (χ1n) is 8.44. The molecule has 1 aliphatic carbocycles. The average molecular weight is 435 g/mol. The zero-order valence-electron chi connectivity index (χ0n) is 14.5. The van der Waals surface area contributed by atoms with E-state index in [-0.39, 0.29) is 35.9 Å². The highest BCUT2D eigenvalue weighted by atomic mass is 127. The summed E-state index contributed by atoms with van der Waals surface area (Å²) in [6, 6.07) is 0. The van der Waals surface area contributed by atoms with Gasteiger partial charge in [0.15, 0.2) is 5.96 Å². The second-order valence-corrected chi connectivity index (χ2v) is 6.25. The van der Waals surface area contributed by atoms with Crippen LogP contribution in [-0.2, 0) is 9.53 Å². The highest BCUT2D eigenvalue weighted by molar-refractivity contribution is 14.0. The lowest BCUT2D eigenvalue weighted by atomic mass is 9.99. The van der Waals surface area contributed by atoms with Crippen molar-refractivity contribution in [2.45, 2.75) is 39.5 Å². The van der Waals surface area contributed by atoms with Crippen molar-refractivity contribution in [3.05, 3.63) is 11.6 Å². The van der Waals surface area contributed by atoms with Gasteiger partial charge in [-0.25, -0.2) is 0 Å². The van der Waals surface area contributed by atoms with Gasteiger partial charge in [0.25, 0.3) is 0 Å². The molecule has 0 amide bonds. The molecule has 2 rings (SSSR count). The van der Waals surface area contributed by atoms with Gasteiger partial charge in [0.1, 0.15) is 0 Å². The third-order valence-electron chi connectivity index (χ3n) is 4.58. The van der Waals surface area contributed by atoms with Crippen LogP contribution in [-0.4, -0.2) is 50.1 Å². The Labute approximate surface area is 157 Å². The molecule has 0 aromatic carbocycles. The Morgan fingerprint density at radius 2 is 2.26 bits per heavy atom. The van der Waals surface area contributed by atoms with Crippen molar-refractivity contribution < 1.29 is 9.53 Å². The number of esters is 1. The van der Waals surface area contributed by atoms with Crippen molar-refractivity contribution in [2.75, 3.05) is 33.3 Å². The minimum absolute atomic E-state index is 0. The van der Waals surface area contributed by atoms with Crippen LogP contribution < -0.4 is 5.32 Å². The molecule has 1 heterocycles. The smallest absolute Gasteiger partial charge is 0.310 e. The van der Waals surface area contributed by atoms with Gasteiger partial charge in [0.2, 0.25) is 0 Å². The van der Waals surface area contributed by atoms with E-state index in [0.29, 0.717) is 12.5 Å². The lowest BCUT2D eigenvalue weighted by molar-refractivity contribution is -0.145. The fourth-order valence-electron chi connectivity index (χ4n) is 3.29. The number of guanidine groups is 1. The Bertz CT molecular complexity index is 451. The molecular formula is C17H30IN3O2. The zero-order chi connectivity index (χ0) is 15.9. The lowest BCUT2D eigenvalue weighted by Gasteiger charge is -2.21. The Balaban J connectivity index is 0.00000264. The maximum absolute atomic E-state index is 11.8. The number of halogens is 1. The van der Waals surface area contributed by atoms with Gasteiger partial charge in [-0.15, -0.1) is 24.0 Å². The highest BCUT2D eigenvalue weighted by Gasteiger charge is 2.36. The molecule has 1 aliphatic heterocycles. The molecule has 0 aromatic rings. The topological polar surface area (TPSA) is 53.9 Å². The van der Waals surface area contributed by atoms with Crippen molar-refractivity contribution in [3.63, 3.8) is 0 Å². The van der Waals surface area contributed by atoms with Crippen LogP contribution in [0.1, 0.15) is 39.5 Å². The third kappa shape index (κ3) is 5.65. The standard InChI is InChI=1S/C17H29N3O2.HI/c1-4-18-17(19-10-9-14-7-5-6-8-14)20-11-13(2)15(12-20)16(21)22-3;/h7,13,15H,4-6,8-12H2,1-3H3,(H,18,19);1H. The molecule has 0 radical (unpaired) electrons. The van der Waals surface area contributed by atoms with E-state index in [4.69, 9.17) is 9.73 Å². The van der Waals surface area contributed by atoms with Gasteiger partial charge in [-0.3, -0.25) is 9.79 Å². The van der Waals surface area contributed by atoms with E-state index < -0.39 is 0 Å². The normalized spacial score (nSPS) is 24.2. The van der Waals surface area contributed by atoms with Crippen LogP contribution in [0.25, 0.3) is 0 Å². The Kier molecular flexibility index (Phi) is 8.94. The van der Waals surface area contributed by atoms with Crippen LogP contribution in [0, 0.1) is 11.8 Å². The number of rotatable bonds is 5. The third-order valence-corrected chi connectivity index (χ3v) is 4.58. The number of hydrogen-bond acceptors (Lipinski definition) is 3. The summed E-state index contributed by atoms with van der Waals surface area (Å²) in [5.41, 5.74) is 1.54. The van der Waals surface area contributed by atoms with Crippen LogP contribution in [0.15, 0.2) is 16.6 Å². The summed E-state index contributed by atoms with van der Waals surface area (Å²) in [7, 11) is 1.46. The van der Waals surface area contributed by atoms with Crippen molar-refractivity contribution in [3.8, 4) is 0 Å². The molecule has 6 heteroatoms. The Morgan fingerprint density at radius 1 is 1.48 bits per heavy atom. The molecule has 23 heavy (non-hydrogen) atoms. The number of ether oxygens (including phenoxy) is 1. The van der Waals surface area contributed by atoms with E-state index >= 15 is 0 Å². The first-order valence-corrected chi connectivity index (χ1v) is 8.44. The largest absolute Gasteiger partial charge is 0.469 e. The zero-order valence-corrected chi connectivity index (χ0v) is 16.8. The number of methoxy groups -OCH3 is 1. The van der Waals surface area contributed by atoms with E-state index in [9.17, 15) is 4.79 Å². The van der Waals surface area contributed by atoms with Crippen LogP contribution in [0.5, 0.6) is 0 Å². The molecule has 0 saturated carbocycles. The summed E-state index contributed by atoms with van der Waals surface area (Å²) in [6.07, 6.45) is 7.16. The quantitative estimate of drug-likeness (QED) is 0.237. The van der Waals surface area contributed by atoms with Crippen LogP contribution >= 0.6 is 24.0 Å². The number of carbonyl (C=O) groups excluding carboxylic acids is 1. The fraction of sp³-hybridized carbons (Fsp3) is 0.765. The Hall–Kier alpha value is -0.790. The molecule has 1 fully saturated rings. The molecule has 1 saturated heterocycles. The van der Waals surface area contributed by atoms with Gasteiger partial charge >= 0.3 is 5.97 Å². The van der Waals surface area contributed by atoms with Crippen molar-refractivity contribution >= 4 is 35.9 Å². The number of nitrogens with one attached hydrogen (secondary N) is 1. The number of hydrogen-bond donors (Lipinski definition) is 1. The maximum Gasteiger partial charge on any atom is 0.310 e. The minimum atomic E-state index is -0.109. The number of nitrogens with zero attached hydrogens (tertiary/aromatic N) is 2. The van der Waals surface area contributed by atoms with Crippen molar-refractivity contribution in [1.82, 2.24) is 10.2 Å². The molecule has 2 unspecified atom stereocenters. The predicted octanol–water partition coefficient (Wildman–Crippen LogP) is 2.81. The second kappa shape index (κ2) is 10.2. The van der Waals surface area contributed by atoms with Gasteiger partial charge in [-0.05, 0) is 38.5 Å². The van der Waals surface area contributed by atoms with Gasteiger partial charge in [0, 0.05) is 26.2 Å². The summed E-state index contributed by atoms with van der Waals surface area (Å²) in [5, 5.41) is 3.35. The molecule has 0 spiro atoms. The summed E-state index contributed by atoms with van der Waals surface area (Å²) in [6.45, 7) is 7.40. The summed E-state index contributed by atoms with van der Waals surface area (Å²) >= 11 is 0. The van der Waals surface area contributed by atoms with E-state index in [1.165, 1.54) is 26.4 Å². The summed E-state index contributed by atoms with van der Waals surface area (Å²) < 4.78 is 4.91. The number of carbonyl (C=O) groups is 1. The predicted molar refractivity (Wildman–Crippen MR) is 104 cm³/mol. The van der Waals surface area contributed by atoms with E-state index in [0.717, 1.165) is 32.0 Å². The molecular weight excluding hydrogens is 405 g/mol. The van der Waals surface area contributed by atoms with Crippen LogP contribution in [0.4, 0.5) is 0 Å². The van der Waals surface area contributed by atoms with E-state index in [2.05, 4.69) is 30.1 Å². The molecule has 1 N–H and O–H groups in total. The SMILES string of the molecule is CCNC(=NCCC1=CCCC1)N1CC(C)C(C(=O)OC)C1.I. The van der Waals surface area contributed by atoms with Crippen molar-refractivity contribution in [1.29, 1.82) is 0 Å². The van der Waals surface area contributed by atoms with Crippen LogP contribution in [0.3, 0.4) is 0 Å². The lowest BCUT2D eigenvalue weighted by Crippen LogP contribution is -2.40. The van der Waals surface area contributed by atoms with Gasteiger partial charge in [0.05, 0.1) is 13.0 Å². The van der Waals surface area contributed by atoms with Gasteiger partial charge < -0.3 is 15.0 Å². The second-order valence-electron chi connectivity index (χ2n) is 6.25.